The number of aryl methyl sites for hydroxylation is 1. The molecule has 2 aliphatic rings. The number of aromatic nitrogens is 1. The van der Waals surface area contributed by atoms with Gasteiger partial charge in [-0.15, -0.1) is 11.3 Å². The number of fused-ring (bicyclic) bond motifs is 3. The molecule has 0 spiro atoms. The highest BCUT2D eigenvalue weighted by molar-refractivity contribution is 7.11. The summed E-state index contributed by atoms with van der Waals surface area (Å²) in [4.78, 5) is 20.5. The van der Waals surface area contributed by atoms with Gasteiger partial charge in [-0.3, -0.25) is 9.69 Å². The summed E-state index contributed by atoms with van der Waals surface area (Å²) in [6.45, 7) is 5.72. The second kappa shape index (κ2) is 6.66. The van der Waals surface area contributed by atoms with Gasteiger partial charge < -0.3 is 9.47 Å². The van der Waals surface area contributed by atoms with Crippen LogP contribution in [-0.4, -0.2) is 39.4 Å². The molecule has 4 heterocycles. The molecule has 138 valence electrons. The maximum absolute atomic E-state index is 13.2. The van der Waals surface area contributed by atoms with E-state index in [4.69, 9.17) is 0 Å². The van der Waals surface area contributed by atoms with Crippen LogP contribution in [0.2, 0.25) is 0 Å². The van der Waals surface area contributed by atoms with Crippen molar-refractivity contribution in [2.75, 3.05) is 13.1 Å². The standard InChI is InChI=1S/C22H23N3OS/c1-16-9-10-18(27-16)13-23-14-20-21(15-23)25(12-17-6-3-2-4-7-17)22(26)19-8-5-11-24(19)20/h2-11,20-21H,12-15H2,1H3/t20-,21+/m1/s1. The predicted molar refractivity (Wildman–Crippen MR) is 108 cm³/mol. The van der Waals surface area contributed by atoms with Gasteiger partial charge in [-0.05, 0) is 36.8 Å². The fourth-order valence-electron chi connectivity index (χ4n) is 4.48. The van der Waals surface area contributed by atoms with Gasteiger partial charge in [-0.25, -0.2) is 0 Å². The van der Waals surface area contributed by atoms with Gasteiger partial charge in [-0.2, -0.15) is 0 Å². The van der Waals surface area contributed by atoms with Crippen molar-refractivity contribution in [3.8, 4) is 0 Å². The van der Waals surface area contributed by atoms with Crippen LogP contribution in [0.25, 0.3) is 0 Å². The molecule has 0 radical (unpaired) electrons. The SMILES string of the molecule is Cc1ccc(CN2C[C@@H]3[C@H](C2)N(Cc2ccccc2)C(=O)c2cccn23)s1. The molecule has 1 aromatic carbocycles. The van der Waals surface area contributed by atoms with E-state index in [1.54, 1.807) is 0 Å². The number of hydrogen-bond acceptors (Lipinski definition) is 3. The Morgan fingerprint density at radius 1 is 0.963 bits per heavy atom. The normalized spacial score (nSPS) is 22.1. The number of thiophene rings is 1. The minimum Gasteiger partial charge on any atom is -0.337 e. The van der Waals surface area contributed by atoms with Crippen molar-refractivity contribution in [1.29, 1.82) is 0 Å². The Morgan fingerprint density at radius 3 is 2.56 bits per heavy atom. The lowest BCUT2D eigenvalue weighted by Gasteiger charge is -2.38. The Bertz CT molecular complexity index is 961. The largest absolute Gasteiger partial charge is 0.337 e. The molecular weight excluding hydrogens is 354 g/mol. The molecule has 1 amide bonds. The number of nitrogens with zero attached hydrogens (tertiary/aromatic N) is 3. The highest BCUT2D eigenvalue weighted by Crippen LogP contribution is 2.35. The fraction of sp³-hybridized carbons (Fsp3) is 0.318. The summed E-state index contributed by atoms with van der Waals surface area (Å²) in [6.07, 6.45) is 2.07. The number of carbonyl (C=O) groups excluding carboxylic acids is 1. The molecule has 3 aromatic rings. The minimum atomic E-state index is 0.152. The van der Waals surface area contributed by atoms with E-state index < -0.39 is 0 Å². The van der Waals surface area contributed by atoms with Gasteiger partial charge >= 0.3 is 0 Å². The van der Waals surface area contributed by atoms with Gasteiger partial charge in [0, 0.05) is 42.1 Å². The Labute approximate surface area is 163 Å². The van der Waals surface area contributed by atoms with Crippen LogP contribution in [0.4, 0.5) is 0 Å². The van der Waals surface area contributed by atoms with E-state index in [0.717, 1.165) is 25.3 Å². The molecule has 0 unspecified atom stereocenters. The average Bonchev–Trinajstić information content (AvgIpc) is 3.39. The molecule has 1 saturated heterocycles. The summed E-state index contributed by atoms with van der Waals surface area (Å²) in [5.41, 5.74) is 2.01. The number of amides is 1. The number of hydrogen-bond donors (Lipinski definition) is 0. The van der Waals surface area contributed by atoms with Crippen molar-refractivity contribution >= 4 is 17.2 Å². The van der Waals surface area contributed by atoms with Gasteiger partial charge in [0.1, 0.15) is 5.69 Å². The lowest BCUT2D eigenvalue weighted by Crippen LogP contribution is -2.49. The highest BCUT2D eigenvalue weighted by atomic mass is 32.1. The molecule has 0 bridgehead atoms. The Morgan fingerprint density at radius 2 is 1.78 bits per heavy atom. The molecule has 0 saturated carbocycles. The van der Waals surface area contributed by atoms with E-state index in [2.05, 4.69) is 51.8 Å². The van der Waals surface area contributed by atoms with E-state index in [1.165, 1.54) is 15.3 Å². The molecule has 2 aromatic heterocycles. The second-order valence-corrected chi connectivity index (χ2v) is 8.93. The van der Waals surface area contributed by atoms with Crippen LogP contribution in [0.5, 0.6) is 0 Å². The van der Waals surface area contributed by atoms with Crippen LogP contribution >= 0.6 is 11.3 Å². The molecule has 4 nitrogen and oxygen atoms in total. The van der Waals surface area contributed by atoms with Crippen LogP contribution < -0.4 is 0 Å². The third-order valence-electron chi connectivity index (χ3n) is 5.72. The molecule has 5 rings (SSSR count). The van der Waals surface area contributed by atoms with E-state index in [1.807, 2.05) is 41.7 Å². The van der Waals surface area contributed by atoms with Crippen molar-refractivity contribution in [1.82, 2.24) is 14.4 Å². The number of carbonyl (C=O) groups is 1. The zero-order valence-corrected chi connectivity index (χ0v) is 16.2. The first-order valence-electron chi connectivity index (χ1n) is 9.48. The molecule has 2 aliphatic heterocycles. The molecule has 2 atom stereocenters. The van der Waals surface area contributed by atoms with Crippen molar-refractivity contribution in [2.45, 2.75) is 32.1 Å². The van der Waals surface area contributed by atoms with Crippen LogP contribution in [0.15, 0.2) is 60.8 Å². The maximum Gasteiger partial charge on any atom is 0.271 e. The van der Waals surface area contributed by atoms with E-state index in [-0.39, 0.29) is 11.9 Å². The predicted octanol–water partition coefficient (Wildman–Crippen LogP) is 3.94. The summed E-state index contributed by atoms with van der Waals surface area (Å²) in [7, 11) is 0. The van der Waals surface area contributed by atoms with Gasteiger partial charge in [0.05, 0.1) is 12.1 Å². The zero-order valence-electron chi connectivity index (χ0n) is 15.4. The van der Waals surface area contributed by atoms with E-state index >= 15 is 0 Å². The summed E-state index contributed by atoms with van der Waals surface area (Å²) >= 11 is 1.87. The minimum absolute atomic E-state index is 0.152. The summed E-state index contributed by atoms with van der Waals surface area (Å²) < 4.78 is 2.20. The van der Waals surface area contributed by atoms with Gasteiger partial charge in [-0.1, -0.05) is 30.3 Å². The first kappa shape index (κ1) is 16.8. The van der Waals surface area contributed by atoms with Crippen molar-refractivity contribution in [3.63, 3.8) is 0 Å². The molecule has 27 heavy (non-hydrogen) atoms. The summed E-state index contributed by atoms with van der Waals surface area (Å²) in [5.74, 6) is 0.152. The molecular formula is C22H23N3OS. The van der Waals surface area contributed by atoms with Crippen molar-refractivity contribution < 1.29 is 4.79 Å². The summed E-state index contributed by atoms with van der Waals surface area (Å²) in [5, 5.41) is 0. The topological polar surface area (TPSA) is 28.5 Å². The summed E-state index contributed by atoms with van der Waals surface area (Å²) in [6, 6.07) is 19.3. The maximum atomic E-state index is 13.2. The molecule has 5 heteroatoms. The van der Waals surface area contributed by atoms with Gasteiger partial charge in [0.15, 0.2) is 0 Å². The fourth-order valence-corrected chi connectivity index (χ4v) is 5.41. The van der Waals surface area contributed by atoms with E-state index in [9.17, 15) is 4.79 Å². The van der Waals surface area contributed by atoms with E-state index in [0.29, 0.717) is 12.6 Å². The van der Waals surface area contributed by atoms with Crippen LogP contribution in [-0.2, 0) is 13.1 Å². The lowest BCUT2D eigenvalue weighted by molar-refractivity contribution is 0.0556. The number of likely N-dealkylation sites (tertiary alicyclic amines) is 1. The first-order valence-corrected chi connectivity index (χ1v) is 10.3. The monoisotopic (exact) mass is 377 g/mol. The molecule has 0 N–H and O–H groups in total. The third kappa shape index (κ3) is 3.01. The Hall–Kier alpha value is -2.37. The van der Waals surface area contributed by atoms with Crippen molar-refractivity contribution in [3.05, 3.63) is 81.8 Å². The van der Waals surface area contributed by atoms with Crippen LogP contribution in [0.1, 0.15) is 31.8 Å². The van der Waals surface area contributed by atoms with Crippen LogP contribution in [0, 0.1) is 6.92 Å². The van der Waals surface area contributed by atoms with Crippen molar-refractivity contribution in [2.24, 2.45) is 0 Å². The third-order valence-corrected chi connectivity index (χ3v) is 6.71. The Balaban J connectivity index is 1.43. The average molecular weight is 378 g/mol. The molecule has 0 aliphatic carbocycles. The number of benzene rings is 1. The smallest absolute Gasteiger partial charge is 0.271 e. The zero-order chi connectivity index (χ0) is 18.4. The Kier molecular flexibility index (Phi) is 4.14. The molecule has 1 fully saturated rings. The second-order valence-electron chi connectivity index (χ2n) is 7.56. The number of rotatable bonds is 4. The first-order chi connectivity index (χ1) is 13.2. The quantitative estimate of drug-likeness (QED) is 0.689. The lowest BCUT2D eigenvalue weighted by atomic mass is 10.0. The van der Waals surface area contributed by atoms with Crippen LogP contribution in [0.3, 0.4) is 0 Å². The van der Waals surface area contributed by atoms with Gasteiger partial charge in [0.2, 0.25) is 0 Å². The highest BCUT2D eigenvalue weighted by Gasteiger charge is 2.44. The van der Waals surface area contributed by atoms with Gasteiger partial charge in [0.25, 0.3) is 5.91 Å².